The van der Waals surface area contributed by atoms with Gasteiger partial charge in [0.25, 0.3) is 0 Å². The summed E-state index contributed by atoms with van der Waals surface area (Å²) in [4.78, 5) is 29.9. The van der Waals surface area contributed by atoms with E-state index in [0.29, 0.717) is 33.6 Å². The summed E-state index contributed by atoms with van der Waals surface area (Å²) >= 11 is 1.25. The number of nitrogens with zero attached hydrogens (tertiary/aromatic N) is 1. The molecule has 0 saturated heterocycles. The number of allylic oxidation sites excluding steroid dienone is 1. The maximum atomic E-state index is 12.7. The molecule has 9 heteroatoms. The molecule has 1 aliphatic rings. The van der Waals surface area contributed by atoms with E-state index in [-0.39, 0.29) is 18.3 Å². The van der Waals surface area contributed by atoms with Crippen LogP contribution < -0.4 is 20.1 Å². The first-order valence-electron chi connectivity index (χ1n) is 10.4. The predicted octanol–water partition coefficient (Wildman–Crippen LogP) is 3.91. The summed E-state index contributed by atoms with van der Waals surface area (Å²) in [6.45, 7) is 3.80. The van der Waals surface area contributed by atoms with Gasteiger partial charge in [0.05, 0.1) is 32.2 Å². The number of rotatable bonds is 8. The van der Waals surface area contributed by atoms with Crippen LogP contribution in [-0.4, -0.2) is 43.6 Å². The standard InChI is InChI=1S/C24H27N3O5S/c1-5-32-23(29)21-15(2)25-24(27-22(21)18-11-6-7-12-19(18)31-4)33-14-20(28)26-16-9-8-10-17(13-16)30-3/h6-13,22H,5,14H2,1-4H3,(H,25,27)(H,26,28)/t22-/m0/s1. The van der Waals surface area contributed by atoms with Gasteiger partial charge in [-0.3, -0.25) is 4.79 Å². The van der Waals surface area contributed by atoms with Crippen LogP contribution in [0.1, 0.15) is 25.5 Å². The molecule has 1 amide bonds. The molecule has 174 valence electrons. The van der Waals surface area contributed by atoms with Gasteiger partial charge in [0, 0.05) is 23.0 Å². The summed E-state index contributed by atoms with van der Waals surface area (Å²) < 4.78 is 15.9. The minimum Gasteiger partial charge on any atom is -0.497 e. The average molecular weight is 470 g/mol. The third kappa shape index (κ3) is 6.07. The van der Waals surface area contributed by atoms with E-state index >= 15 is 0 Å². The number of para-hydroxylation sites is 1. The van der Waals surface area contributed by atoms with E-state index in [0.717, 1.165) is 5.56 Å². The van der Waals surface area contributed by atoms with Crippen LogP contribution in [0.4, 0.5) is 5.69 Å². The summed E-state index contributed by atoms with van der Waals surface area (Å²) in [5.41, 5.74) is 2.41. The van der Waals surface area contributed by atoms with Gasteiger partial charge in [-0.15, -0.1) is 0 Å². The third-order valence-corrected chi connectivity index (χ3v) is 5.73. The number of nitrogens with one attached hydrogen (secondary N) is 2. The van der Waals surface area contributed by atoms with Crippen molar-refractivity contribution in [1.29, 1.82) is 0 Å². The molecule has 1 heterocycles. The van der Waals surface area contributed by atoms with Gasteiger partial charge in [0.1, 0.15) is 17.5 Å². The predicted molar refractivity (Wildman–Crippen MR) is 130 cm³/mol. The minimum atomic E-state index is -0.620. The molecule has 33 heavy (non-hydrogen) atoms. The maximum absolute atomic E-state index is 12.7. The zero-order valence-electron chi connectivity index (χ0n) is 19.0. The van der Waals surface area contributed by atoms with Crippen molar-refractivity contribution < 1.29 is 23.8 Å². The second kappa shape index (κ2) is 11.4. The number of carbonyl (C=O) groups is 2. The van der Waals surface area contributed by atoms with Crippen molar-refractivity contribution in [2.45, 2.75) is 19.9 Å². The Bertz CT molecular complexity index is 1080. The SMILES string of the molecule is CCOC(=O)C1=C(C)NC(SCC(=O)Nc2cccc(OC)c2)=N[C@H]1c1ccccc1OC. The molecule has 2 N–H and O–H groups in total. The second-order valence-electron chi connectivity index (χ2n) is 7.03. The van der Waals surface area contributed by atoms with E-state index in [1.54, 1.807) is 52.3 Å². The Morgan fingerprint density at radius 3 is 2.64 bits per heavy atom. The second-order valence-corrected chi connectivity index (χ2v) is 8.00. The zero-order valence-corrected chi connectivity index (χ0v) is 19.8. The van der Waals surface area contributed by atoms with Gasteiger partial charge in [0.2, 0.25) is 5.91 Å². The number of amidine groups is 1. The highest BCUT2D eigenvalue weighted by Gasteiger charge is 2.32. The van der Waals surface area contributed by atoms with E-state index in [2.05, 4.69) is 10.6 Å². The monoisotopic (exact) mass is 469 g/mol. The van der Waals surface area contributed by atoms with Crippen LogP contribution in [0.25, 0.3) is 0 Å². The Kier molecular flexibility index (Phi) is 8.37. The van der Waals surface area contributed by atoms with E-state index in [1.165, 1.54) is 11.8 Å². The molecule has 0 aromatic heterocycles. The molecule has 0 aliphatic carbocycles. The van der Waals surface area contributed by atoms with Crippen LogP contribution in [0.15, 0.2) is 64.8 Å². The number of amides is 1. The van der Waals surface area contributed by atoms with E-state index in [4.69, 9.17) is 19.2 Å². The van der Waals surface area contributed by atoms with Gasteiger partial charge in [0.15, 0.2) is 5.17 Å². The van der Waals surface area contributed by atoms with Crippen molar-refractivity contribution in [3.05, 3.63) is 65.4 Å². The number of hydrogen-bond donors (Lipinski definition) is 2. The van der Waals surface area contributed by atoms with Crippen LogP contribution in [-0.2, 0) is 14.3 Å². The van der Waals surface area contributed by atoms with Crippen LogP contribution >= 0.6 is 11.8 Å². The molecule has 0 bridgehead atoms. The van der Waals surface area contributed by atoms with Gasteiger partial charge in [-0.25, -0.2) is 9.79 Å². The van der Waals surface area contributed by atoms with Crippen LogP contribution in [0.5, 0.6) is 11.5 Å². The molecule has 3 rings (SSSR count). The molecule has 2 aromatic carbocycles. The topological polar surface area (TPSA) is 98.2 Å². The highest BCUT2D eigenvalue weighted by atomic mass is 32.2. The Balaban J connectivity index is 1.79. The fraction of sp³-hybridized carbons (Fsp3) is 0.292. The van der Waals surface area contributed by atoms with Crippen molar-refractivity contribution in [2.75, 3.05) is 31.9 Å². The van der Waals surface area contributed by atoms with Crippen molar-refractivity contribution in [1.82, 2.24) is 5.32 Å². The molecule has 8 nitrogen and oxygen atoms in total. The number of esters is 1. The van der Waals surface area contributed by atoms with Crippen LogP contribution in [0, 0.1) is 0 Å². The summed E-state index contributed by atoms with van der Waals surface area (Å²) in [5, 5.41) is 6.50. The van der Waals surface area contributed by atoms with E-state index in [9.17, 15) is 9.59 Å². The van der Waals surface area contributed by atoms with Crippen molar-refractivity contribution in [3.8, 4) is 11.5 Å². The smallest absolute Gasteiger partial charge is 0.338 e. The lowest BCUT2D eigenvalue weighted by atomic mass is 9.96. The zero-order chi connectivity index (χ0) is 23.8. The molecule has 1 aliphatic heterocycles. The van der Waals surface area contributed by atoms with Crippen molar-refractivity contribution in [2.24, 2.45) is 4.99 Å². The molecule has 2 aromatic rings. The molecule has 0 unspecified atom stereocenters. The quantitative estimate of drug-likeness (QED) is 0.566. The van der Waals surface area contributed by atoms with Gasteiger partial charge in [-0.1, -0.05) is 36.0 Å². The first kappa shape index (κ1) is 24.2. The normalized spacial score (nSPS) is 15.3. The minimum absolute atomic E-state index is 0.129. The number of methoxy groups -OCH3 is 2. The van der Waals surface area contributed by atoms with Gasteiger partial charge < -0.3 is 24.8 Å². The fourth-order valence-electron chi connectivity index (χ4n) is 3.34. The van der Waals surface area contributed by atoms with E-state index in [1.807, 2.05) is 24.3 Å². The molecule has 1 atom stereocenters. The molecular weight excluding hydrogens is 442 g/mol. The lowest BCUT2D eigenvalue weighted by molar-refractivity contribution is -0.139. The highest BCUT2D eigenvalue weighted by Crippen LogP contribution is 2.37. The number of benzene rings is 2. The Hall–Kier alpha value is -3.46. The maximum Gasteiger partial charge on any atom is 0.338 e. The lowest BCUT2D eigenvalue weighted by Gasteiger charge is -2.26. The Labute approximate surface area is 197 Å². The van der Waals surface area contributed by atoms with E-state index < -0.39 is 12.0 Å². The number of aliphatic imine (C=N–C) groups is 1. The van der Waals surface area contributed by atoms with Gasteiger partial charge in [-0.05, 0) is 32.0 Å². The Morgan fingerprint density at radius 1 is 1.12 bits per heavy atom. The van der Waals surface area contributed by atoms with Crippen molar-refractivity contribution in [3.63, 3.8) is 0 Å². The number of carbonyl (C=O) groups excluding carboxylic acids is 2. The summed E-state index contributed by atoms with van der Waals surface area (Å²) in [6.07, 6.45) is 0. The highest BCUT2D eigenvalue weighted by molar-refractivity contribution is 8.14. The largest absolute Gasteiger partial charge is 0.497 e. The van der Waals surface area contributed by atoms with Crippen molar-refractivity contribution >= 4 is 34.5 Å². The lowest BCUT2D eigenvalue weighted by Crippen LogP contribution is -2.31. The Morgan fingerprint density at radius 2 is 1.91 bits per heavy atom. The van der Waals surface area contributed by atoms with Crippen LogP contribution in [0.2, 0.25) is 0 Å². The number of ether oxygens (including phenoxy) is 3. The molecule has 0 radical (unpaired) electrons. The summed E-state index contributed by atoms with van der Waals surface area (Å²) in [6, 6.07) is 13.9. The first-order valence-corrected chi connectivity index (χ1v) is 11.4. The summed E-state index contributed by atoms with van der Waals surface area (Å²) in [7, 11) is 3.14. The molecule has 0 saturated carbocycles. The molecule has 0 spiro atoms. The first-order chi connectivity index (χ1) is 16.0. The number of hydrogen-bond acceptors (Lipinski definition) is 8. The average Bonchev–Trinajstić information content (AvgIpc) is 2.82. The molecular formula is C24H27N3O5S. The van der Waals surface area contributed by atoms with Gasteiger partial charge >= 0.3 is 5.97 Å². The number of thioether (sulfide) groups is 1. The third-order valence-electron chi connectivity index (χ3n) is 4.84. The summed E-state index contributed by atoms with van der Waals surface area (Å²) in [5.74, 6) is 0.768. The fourth-order valence-corrected chi connectivity index (χ4v) is 4.09. The number of anilines is 1. The molecule has 0 fully saturated rings. The van der Waals surface area contributed by atoms with Crippen LogP contribution in [0.3, 0.4) is 0 Å². The van der Waals surface area contributed by atoms with Gasteiger partial charge in [-0.2, -0.15) is 0 Å².